The summed E-state index contributed by atoms with van der Waals surface area (Å²) in [5.41, 5.74) is 0.885. The first-order valence-electron chi connectivity index (χ1n) is 9.25. The number of nitrogens with zero attached hydrogens (tertiary/aromatic N) is 2. The predicted molar refractivity (Wildman–Crippen MR) is 105 cm³/mol. The molecular weight excluding hydrogens is 402 g/mol. The van der Waals surface area contributed by atoms with Gasteiger partial charge in [-0.15, -0.1) is 0 Å². The molecule has 2 aromatic carbocycles. The molecule has 2 aromatic rings. The summed E-state index contributed by atoms with van der Waals surface area (Å²) in [6, 6.07) is 11.4. The van der Waals surface area contributed by atoms with E-state index in [9.17, 15) is 18.4 Å². The lowest BCUT2D eigenvalue weighted by atomic mass is 10.2. The average Bonchev–Trinajstić information content (AvgIpc) is 2.71. The zero-order chi connectivity index (χ0) is 21.0. The number of carbonyl (C=O) groups excluding carboxylic acids is 2. The Kier molecular flexibility index (Phi) is 6.82. The van der Waals surface area contributed by atoms with E-state index in [-0.39, 0.29) is 16.5 Å². The van der Waals surface area contributed by atoms with Crippen LogP contribution in [0.25, 0.3) is 0 Å². The second-order valence-corrected chi connectivity index (χ2v) is 7.29. The Bertz CT molecular complexity index is 887. The van der Waals surface area contributed by atoms with E-state index in [1.165, 1.54) is 12.5 Å². The molecule has 0 N–H and O–H groups in total. The van der Waals surface area contributed by atoms with Gasteiger partial charge in [0.1, 0.15) is 0 Å². The number of halogens is 3. The van der Waals surface area contributed by atoms with Gasteiger partial charge < -0.3 is 9.64 Å². The minimum Gasteiger partial charge on any atom is -0.449 e. The van der Waals surface area contributed by atoms with Crippen molar-refractivity contribution in [1.29, 1.82) is 0 Å². The number of benzene rings is 2. The Morgan fingerprint density at radius 3 is 2.34 bits per heavy atom. The van der Waals surface area contributed by atoms with E-state index in [0.29, 0.717) is 38.3 Å². The van der Waals surface area contributed by atoms with Crippen molar-refractivity contribution in [2.45, 2.75) is 19.6 Å². The number of carbonyl (C=O) groups is 2. The van der Waals surface area contributed by atoms with Gasteiger partial charge in [0.2, 0.25) is 0 Å². The highest BCUT2D eigenvalue weighted by molar-refractivity contribution is 6.33. The van der Waals surface area contributed by atoms with Crippen LogP contribution in [0.15, 0.2) is 42.5 Å². The Morgan fingerprint density at radius 2 is 1.69 bits per heavy atom. The third kappa shape index (κ3) is 5.31. The van der Waals surface area contributed by atoms with E-state index in [1.54, 1.807) is 4.90 Å². The van der Waals surface area contributed by atoms with Gasteiger partial charge in [0, 0.05) is 32.7 Å². The Hall–Kier alpha value is -2.51. The first-order chi connectivity index (χ1) is 13.8. The second kappa shape index (κ2) is 9.33. The van der Waals surface area contributed by atoms with E-state index < -0.39 is 23.7 Å². The van der Waals surface area contributed by atoms with Crippen molar-refractivity contribution >= 4 is 23.5 Å². The van der Waals surface area contributed by atoms with Crippen LogP contribution in [-0.4, -0.2) is 54.0 Å². The largest absolute Gasteiger partial charge is 0.449 e. The smallest absolute Gasteiger partial charge is 0.340 e. The number of hydrogen-bond donors (Lipinski definition) is 0. The summed E-state index contributed by atoms with van der Waals surface area (Å²) in [4.78, 5) is 28.7. The molecule has 154 valence electrons. The fraction of sp³-hybridized carbons (Fsp3) is 0.333. The van der Waals surface area contributed by atoms with Gasteiger partial charge in [0.05, 0.1) is 10.6 Å². The van der Waals surface area contributed by atoms with Gasteiger partial charge in [-0.3, -0.25) is 9.69 Å². The lowest BCUT2D eigenvalue weighted by Gasteiger charge is -2.35. The van der Waals surface area contributed by atoms with Crippen molar-refractivity contribution < 1.29 is 23.1 Å². The van der Waals surface area contributed by atoms with Gasteiger partial charge in [-0.1, -0.05) is 41.9 Å². The highest BCUT2D eigenvalue weighted by Crippen LogP contribution is 2.21. The predicted octanol–water partition coefficient (Wildman–Crippen LogP) is 3.51. The molecular formula is C21H21ClF2N2O3. The van der Waals surface area contributed by atoms with Gasteiger partial charge in [0.25, 0.3) is 5.91 Å². The maximum atomic E-state index is 13.4. The first kappa shape index (κ1) is 21.2. The van der Waals surface area contributed by atoms with Crippen molar-refractivity contribution in [3.8, 4) is 0 Å². The summed E-state index contributed by atoms with van der Waals surface area (Å²) in [5, 5.41) is -0.275. The zero-order valence-electron chi connectivity index (χ0n) is 15.9. The van der Waals surface area contributed by atoms with E-state index in [2.05, 4.69) is 17.0 Å². The Balaban J connectivity index is 1.53. The van der Waals surface area contributed by atoms with Gasteiger partial charge in [-0.25, -0.2) is 13.6 Å². The lowest BCUT2D eigenvalue weighted by Crippen LogP contribution is -2.51. The molecule has 1 aliphatic rings. The molecule has 3 rings (SSSR count). The standard InChI is InChI=1S/C21H21ClF2N2O3/c1-14(29-21(28)16-11-18(23)19(24)12-17(16)22)20(27)26-9-7-25(8-10-26)13-15-5-3-2-4-6-15/h2-6,11-12,14H,7-10,13H2,1H3. The molecule has 5 nitrogen and oxygen atoms in total. The maximum Gasteiger partial charge on any atom is 0.340 e. The second-order valence-electron chi connectivity index (χ2n) is 6.88. The van der Waals surface area contributed by atoms with Crippen LogP contribution in [0.5, 0.6) is 0 Å². The van der Waals surface area contributed by atoms with E-state index in [1.807, 2.05) is 18.2 Å². The molecule has 0 aromatic heterocycles. The SMILES string of the molecule is CC(OC(=O)c1cc(F)c(F)cc1Cl)C(=O)N1CCN(Cc2ccccc2)CC1. The van der Waals surface area contributed by atoms with Crippen molar-refractivity contribution in [3.63, 3.8) is 0 Å². The van der Waals surface area contributed by atoms with Crippen LogP contribution in [-0.2, 0) is 16.1 Å². The van der Waals surface area contributed by atoms with E-state index >= 15 is 0 Å². The summed E-state index contributed by atoms with van der Waals surface area (Å²) < 4.78 is 31.7. The number of ether oxygens (including phenoxy) is 1. The van der Waals surface area contributed by atoms with Gasteiger partial charge in [-0.05, 0) is 24.6 Å². The molecule has 0 bridgehead atoms. The number of rotatable bonds is 5. The molecule has 1 aliphatic heterocycles. The highest BCUT2D eigenvalue weighted by atomic mass is 35.5. The van der Waals surface area contributed by atoms with E-state index in [0.717, 1.165) is 6.54 Å². The van der Waals surface area contributed by atoms with Crippen molar-refractivity contribution in [1.82, 2.24) is 9.80 Å². The molecule has 1 heterocycles. The van der Waals surface area contributed by atoms with Gasteiger partial charge in [0.15, 0.2) is 17.7 Å². The van der Waals surface area contributed by atoms with Gasteiger partial charge in [-0.2, -0.15) is 0 Å². The monoisotopic (exact) mass is 422 g/mol. The molecule has 0 radical (unpaired) electrons. The molecule has 0 aliphatic carbocycles. The number of esters is 1. The number of piperazine rings is 1. The third-order valence-electron chi connectivity index (χ3n) is 4.79. The summed E-state index contributed by atoms with van der Waals surface area (Å²) in [5.74, 6) is -3.69. The van der Waals surface area contributed by atoms with Gasteiger partial charge >= 0.3 is 5.97 Å². The minimum absolute atomic E-state index is 0.275. The fourth-order valence-corrected chi connectivity index (χ4v) is 3.41. The van der Waals surface area contributed by atoms with Crippen LogP contribution in [0, 0.1) is 11.6 Å². The fourth-order valence-electron chi connectivity index (χ4n) is 3.18. The molecule has 8 heteroatoms. The first-order valence-corrected chi connectivity index (χ1v) is 9.63. The summed E-state index contributed by atoms with van der Waals surface area (Å²) >= 11 is 5.78. The summed E-state index contributed by atoms with van der Waals surface area (Å²) in [6.45, 7) is 4.69. The summed E-state index contributed by atoms with van der Waals surface area (Å²) in [7, 11) is 0. The lowest BCUT2D eigenvalue weighted by molar-refractivity contribution is -0.141. The van der Waals surface area contributed by atoms with Crippen LogP contribution in [0.3, 0.4) is 0 Å². The van der Waals surface area contributed by atoms with E-state index in [4.69, 9.17) is 16.3 Å². The molecule has 1 fully saturated rings. The topological polar surface area (TPSA) is 49.9 Å². The van der Waals surface area contributed by atoms with Crippen molar-refractivity contribution in [2.24, 2.45) is 0 Å². The third-order valence-corrected chi connectivity index (χ3v) is 5.11. The molecule has 1 unspecified atom stereocenters. The van der Waals surface area contributed by atoms with Crippen LogP contribution < -0.4 is 0 Å². The molecule has 0 saturated carbocycles. The number of hydrogen-bond acceptors (Lipinski definition) is 4. The normalized spacial score (nSPS) is 15.8. The average molecular weight is 423 g/mol. The van der Waals surface area contributed by atoms with Crippen LogP contribution >= 0.6 is 11.6 Å². The van der Waals surface area contributed by atoms with Crippen LogP contribution in [0.2, 0.25) is 5.02 Å². The molecule has 0 spiro atoms. The van der Waals surface area contributed by atoms with Crippen LogP contribution in [0.4, 0.5) is 8.78 Å². The van der Waals surface area contributed by atoms with Crippen molar-refractivity contribution in [3.05, 3.63) is 70.2 Å². The van der Waals surface area contributed by atoms with Crippen molar-refractivity contribution in [2.75, 3.05) is 26.2 Å². The zero-order valence-corrected chi connectivity index (χ0v) is 16.7. The molecule has 1 saturated heterocycles. The van der Waals surface area contributed by atoms with Crippen LogP contribution in [0.1, 0.15) is 22.8 Å². The number of amides is 1. The highest BCUT2D eigenvalue weighted by Gasteiger charge is 2.28. The molecule has 1 amide bonds. The quantitative estimate of drug-likeness (QED) is 0.546. The molecule has 1 atom stereocenters. The molecule has 29 heavy (non-hydrogen) atoms. The minimum atomic E-state index is -1.21. The summed E-state index contributed by atoms with van der Waals surface area (Å²) in [6.07, 6.45) is -1.06. The maximum absolute atomic E-state index is 13.4. The Morgan fingerprint density at radius 1 is 1.07 bits per heavy atom. The Labute approximate surface area is 172 Å².